The standard InChI is InChI=1S/C12H25N/c1-5-10(3)12(6-2)9-7-8-11(12,4)13/h10H,5-9,13H2,1-4H3. The van der Waals surface area contributed by atoms with E-state index in [0.717, 1.165) is 5.92 Å². The SMILES string of the molecule is CCC(C)C1(CC)CCCC1(C)N. The number of hydrogen-bond donors (Lipinski definition) is 1. The van der Waals surface area contributed by atoms with Crippen LogP contribution in [0.3, 0.4) is 0 Å². The largest absolute Gasteiger partial charge is 0.325 e. The third kappa shape index (κ3) is 1.52. The molecule has 78 valence electrons. The Morgan fingerprint density at radius 3 is 2.23 bits per heavy atom. The summed E-state index contributed by atoms with van der Waals surface area (Å²) >= 11 is 0. The van der Waals surface area contributed by atoms with Crippen molar-refractivity contribution in [2.24, 2.45) is 17.1 Å². The van der Waals surface area contributed by atoms with Crippen molar-refractivity contribution < 1.29 is 0 Å². The first kappa shape index (κ1) is 11.0. The van der Waals surface area contributed by atoms with Gasteiger partial charge in [0.15, 0.2) is 0 Å². The van der Waals surface area contributed by atoms with Gasteiger partial charge in [0.1, 0.15) is 0 Å². The molecule has 1 aliphatic carbocycles. The van der Waals surface area contributed by atoms with E-state index in [0.29, 0.717) is 5.41 Å². The molecule has 1 rings (SSSR count). The highest BCUT2D eigenvalue weighted by atomic mass is 14.8. The van der Waals surface area contributed by atoms with E-state index in [1.165, 1.54) is 32.1 Å². The minimum Gasteiger partial charge on any atom is -0.325 e. The molecule has 3 unspecified atom stereocenters. The van der Waals surface area contributed by atoms with E-state index in [4.69, 9.17) is 5.73 Å². The molecular weight excluding hydrogens is 158 g/mol. The third-order valence-corrected chi connectivity index (χ3v) is 4.64. The number of rotatable bonds is 3. The van der Waals surface area contributed by atoms with Crippen molar-refractivity contribution in [3.05, 3.63) is 0 Å². The zero-order chi connectivity index (χ0) is 10.1. The highest BCUT2D eigenvalue weighted by molar-refractivity contribution is 5.05. The van der Waals surface area contributed by atoms with Crippen LogP contribution in [-0.4, -0.2) is 5.54 Å². The maximum atomic E-state index is 6.44. The van der Waals surface area contributed by atoms with E-state index in [-0.39, 0.29) is 5.54 Å². The zero-order valence-corrected chi connectivity index (χ0v) is 9.69. The van der Waals surface area contributed by atoms with Gasteiger partial charge in [0.05, 0.1) is 0 Å². The van der Waals surface area contributed by atoms with Gasteiger partial charge < -0.3 is 5.73 Å². The molecule has 0 radical (unpaired) electrons. The molecule has 1 aliphatic rings. The molecule has 0 aromatic heterocycles. The van der Waals surface area contributed by atoms with Crippen LogP contribution in [0.1, 0.15) is 59.8 Å². The van der Waals surface area contributed by atoms with E-state index >= 15 is 0 Å². The second kappa shape index (κ2) is 3.61. The van der Waals surface area contributed by atoms with Crippen molar-refractivity contribution in [1.29, 1.82) is 0 Å². The minimum absolute atomic E-state index is 0.0805. The van der Waals surface area contributed by atoms with Crippen molar-refractivity contribution >= 4 is 0 Å². The second-order valence-electron chi connectivity index (χ2n) is 5.09. The lowest BCUT2D eigenvalue weighted by atomic mass is 9.63. The number of hydrogen-bond acceptors (Lipinski definition) is 1. The maximum absolute atomic E-state index is 6.44. The van der Waals surface area contributed by atoms with Crippen molar-refractivity contribution in [3.8, 4) is 0 Å². The van der Waals surface area contributed by atoms with Gasteiger partial charge in [0.2, 0.25) is 0 Å². The summed E-state index contributed by atoms with van der Waals surface area (Å²) in [4.78, 5) is 0. The normalized spacial score (nSPS) is 42.2. The Balaban J connectivity index is 2.91. The predicted molar refractivity (Wildman–Crippen MR) is 58.6 cm³/mol. The van der Waals surface area contributed by atoms with Crippen LogP contribution < -0.4 is 5.73 Å². The summed E-state index contributed by atoms with van der Waals surface area (Å²) < 4.78 is 0. The molecule has 13 heavy (non-hydrogen) atoms. The first-order valence-corrected chi connectivity index (χ1v) is 5.79. The van der Waals surface area contributed by atoms with E-state index in [9.17, 15) is 0 Å². The van der Waals surface area contributed by atoms with Crippen LogP contribution in [-0.2, 0) is 0 Å². The molecule has 0 bridgehead atoms. The summed E-state index contributed by atoms with van der Waals surface area (Å²) in [7, 11) is 0. The van der Waals surface area contributed by atoms with Crippen molar-refractivity contribution in [2.75, 3.05) is 0 Å². The summed E-state index contributed by atoms with van der Waals surface area (Å²) in [5.74, 6) is 0.773. The fourth-order valence-corrected chi connectivity index (χ4v) is 3.43. The van der Waals surface area contributed by atoms with Crippen molar-refractivity contribution in [2.45, 2.75) is 65.3 Å². The van der Waals surface area contributed by atoms with Crippen LogP contribution in [0.25, 0.3) is 0 Å². The first-order chi connectivity index (χ1) is 6.00. The highest BCUT2D eigenvalue weighted by Crippen LogP contribution is 2.53. The molecule has 0 heterocycles. The van der Waals surface area contributed by atoms with E-state index < -0.39 is 0 Å². The Kier molecular flexibility index (Phi) is 3.06. The Morgan fingerprint density at radius 2 is 1.92 bits per heavy atom. The lowest BCUT2D eigenvalue weighted by Gasteiger charge is -2.45. The molecule has 0 aliphatic heterocycles. The maximum Gasteiger partial charge on any atom is 0.0185 e. The molecule has 1 heteroatoms. The quantitative estimate of drug-likeness (QED) is 0.713. The van der Waals surface area contributed by atoms with Crippen molar-refractivity contribution in [3.63, 3.8) is 0 Å². The molecule has 3 atom stereocenters. The Morgan fingerprint density at radius 1 is 1.31 bits per heavy atom. The van der Waals surface area contributed by atoms with Crippen LogP contribution in [0.2, 0.25) is 0 Å². The van der Waals surface area contributed by atoms with Gasteiger partial charge >= 0.3 is 0 Å². The summed E-state index contributed by atoms with van der Waals surface area (Å²) in [5, 5.41) is 0. The third-order valence-electron chi connectivity index (χ3n) is 4.64. The second-order valence-corrected chi connectivity index (χ2v) is 5.09. The summed E-state index contributed by atoms with van der Waals surface area (Å²) in [6, 6.07) is 0. The van der Waals surface area contributed by atoms with Crippen LogP contribution in [0, 0.1) is 11.3 Å². The first-order valence-electron chi connectivity index (χ1n) is 5.79. The van der Waals surface area contributed by atoms with Gasteiger partial charge in [-0.15, -0.1) is 0 Å². The molecule has 0 spiro atoms. The molecule has 0 saturated heterocycles. The lowest BCUT2D eigenvalue weighted by molar-refractivity contribution is 0.0848. The molecule has 0 aromatic rings. The molecule has 0 aromatic carbocycles. The monoisotopic (exact) mass is 183 g/mol. The smallest absolute Gasteiger partial charge is 0.0185 e. The molecular formula is C12H25N. The van der Waals surface area contributed by atoms with E-state index in [1.807, 2.05) is 0 Å². The van der Waals surface area contributed by atoms with Gasteiger partial charge in [0, 0.05) is 5.54 Å². The topological polar surface area (TPSA) is 26.0 Å². The summed E-state index contributed by atoms with van der Waals surface area (Å²) in [5.41, 5.74) is 6.94. The average Bonchev–Trinajstić information content (AvgIpc) is 2.40. The number of nitrogens with two attached hydrogens (primary N) is 1. The van der Waals surface area contributed by atoms with E-state index in [1.54, 1.807) is 0 Å². The predicted octanol–water partition coefficient (Wildman–Crippen LogP) is 3.33. The fourth-order valence-electron chi connectivity index (χ4n) is 3.43. The highest BCUT2D eigenvalue weighted by Gasteiger charge is 2.50. The molecule has 1 nitrogen and oxygen atoms in total. The minimum atomic E-state index is 0.0805. The van der Waals surface area contributed by atoms with Gasteiger partial charge in [-0.25, -0.2) is 0 Å². The van der Waals surface area contributed by atoms with Gasteiger partial charge in [-0.3, -0.25) is 0 Å². The molecule has 2 N–H and O–H groups in total. The van der Waals surface area contributed by atoms with Crippen LogP contribution in [0.5, 0.6) is 0 Å². The van der Waals surface area contributed by atoms with Gasteiger partial charge in [-0.1, -0.05) is 33.6 Å². The Labute approximate surface area is 83.1 Å². The van der Waals surface area contributed by atoms with Crippen LogP contribution >= 0.6 is 0 Å². The fraction of sp³-hybridized carbons (Fsp3) is 1.00. The van der Waals surface area contributed by atoms with Crippen LogP contribution in [0.15, 0.2) is 0 Å². The van der Waals surface area contributed by atoms with Crippen LogP contribution in [0.4, 0.5) is 0 Å². The lowest BCUT2D eigenvalue weighted by Crippen LogP contribution is -2.52. The molecule has 0 amide bonds. The Bertz CT molecular complexity index is 174. The Hall–Kier alpha value is -0.0400. The summed E-state index contributed by atoms with van der Waals surface area (Å²) in [6.07, 6.45) is 6.39. The van der Waals surface area contributed by atoms with Gasteiger partial charge in [0.25, 0.3) is 0 Å². The molecule has 1 saturated carbocycles. The van der Waals surface area contributed by atoms with E-state index in [2.05, 4.69) is 27.7 Å². The van der Waals surface area contributed by atoms with Crippen molar-refractivity contribution in [1.82, 2.24) is 0 Å². The van der Waals surface area contributed by atoms with Gasteiger partial charge in [-0.05, 0) is 37.5 Å². The summed E-state index contributed by atoms with van der Waals surface area (Å²) in [6.45, 7) is 9.23. The average molecular weight is 183 g/mol. The zero-order valence-electron chi connectivity index (χ0n) is 9.69. The van der Waals surface area contributed by atoms with Gasteiger partial charge in [-0.2, -0.15) is 0 Å². The molecule has 1 fully saturated rings.